The lowest BCUT2D eigenvalue weighted by Crippen LogP contribution is -2.46. The summed E-state index contributed by atoms with van der Waals surface area (Å²) in [5, 5.41) is 17.7. The van der Waals surface area contributed by atoms with Crippen molar-refractivity contribution >= 4 is 11.3 Å². The van der Waals surface area contributed by atoms with Gasteiger partial charge in [-0.2, -0.15) is 11.3 Å². The number of hydrogen-bond donors (Lipinski definition) is 2. The second kappa shape index (κ2) is 5.70. The van der Waals surface area contributed by atoms with Gasteiger partial charge in [0.2, 0.25) is 0 Å². The summed E-state index contributed by atoms with van der Waals surface area (Å²) in [6, 6.07) is 3.41. The van der Waals surface area contributed by atoms with E-state index in [1.807, 2.05) is 16.8 Å². The number of aliphatic hydroxyl groups is 1. The number of rotatable bonds is 4. The fourth-order valence-corrected chi connectivity index (χ4v) is 3.98. The first-order valence-corrected chi connectivity index (χ1v) is 7.95. The molecular formula is C14H22N2OS. The summed E-state index contributed by atoms with van der Waals surface area (Å²) in [6.07, 6.45) is 4.88. The molecule has 1 aromatic rings. The van der Waals surface area contributed by atoms with Crippen LogP contribution >= 0.6 is 11.3 Å². The highest BCUT2D eigenvalue weighted by molar-refractivity contribution is 7.07. The van der Waals surface area contributed by atoms with Crippen molar-refractivity contribution in [2.45, 2.75) is 43.9 Å². The smallest absolute Gasteiger partial charge is 0.0922 e. The summed E-state index contributed by atoms with van der Waals surface area (Å²) in [4.78, 5) is 2.63. The number of aliphatic hydroxyl groups excluding tert-OH is 1. The Balaban J connectivity index is 1.46. The van der Waals surface area contributed by atoms with Gasteiger partial charge in [0, 0.05) is 18.6 Å². The van der Waals surface area contributed by atoms with Gasteiger partial charge in [-0.25, -0.2) is 0 Å². The zero-order chi connectivity index (χ0) is 12.4. The van der Waals surface area contributed by atoms with Gasteiger partial charge < -0.3 is 15.3 Å². The van der Waals surface area contributed by atoms with Crippen molar-refractivity contribution in [2.24, 2.45) is 0 Å². The summed E-state index contributed by atoms with van der Waals surface area (Å²) in [5.41, 5.74) is 1.05. The van der Waals surface area contributed by atoms with Gasteiger partial charge in [-0.3, -0.25) is 0 Å². The maximum Gasteiger partial charge on any atom is 0.0922 e. The van der Waals surface area contributed by atoms with E-state index in [0.29, 0.717) is 12.6 Å². The third kappa shape index (κ3) is 2.77. The van der Waals surface area contributed by atoms with Crippen molar-refractivity contribution in [3.8, 4) is 0 Å². The largest absolute Gasteiger partial charge is 0.387 e. The zero-order valence-electron chi connectivity index (χ0n) is 10.7. The molecule has 0 spiro atoms. The Morgan fingerprint density at radius 2 is 2.39 bits per heavy atom. The number of thiophene rings is 1. The number of piperidine rings is 1. The highest BCUT2D eigenvalue weighted by Crippen LogP contribution is 2.27. The molecule has 100 valence electrons. The van der Waals surface area contributed by atoms with Crippen LogP contribution in [0.3, 0.4) is 0 Å². The van der Waals surface area contributed by atoms with Crippen LogP contribution in [0.4, 0.5) is 0 Å². The predicted octanol–water partition coefficient (Wildman–Crippen LogP) is 2.00. The van der Waals surface area contributed by atoms with Crippen LogP contribution in [-0.4, -0.2) is 41.7 Å². The average Bonchev–Trinajstić information content (AvgIpc) is 3.05. The minimum atomic E-state index is -0.349. The summed E-state index contributed by atoms with van der Waals surface area (Å²) in [7, 11) is 0. The standard InChI is InChI=1S/C14H22N2OS/c17-14(11-4-7-18-10-11)9-15-12-3-6-16-5-1-2-13(16)8-12/h4,7,10,12-15,17H,1-3,5-6,8-9H2. The fraction of sp³-hybridized carbons (Fsp3) is 0.714. The number of fused-ring (bicyclic) bond motifs is 1. The lowest BCUT2D eigenvalue weighted by molar-refractivity contribution is 0.138. The van der Waals surface area contributed by atoms with Gasteiger partial charge in [0.1, 0.15) is 0 Å². The minimum Gasteiger partial charge on any atom is -0.387 e. The van der Waals surface area contributed by atoms with Crippen molar-refractivity contribution in [2.75, 3.05) is 19.6 Å². The molecule has 2 saturated heterocycles. The van der Waals surface area contributed by atoms with E-state index in [4.69, 9.17) is 0 Å². The molecule has 0 bridgehead atoms. The molecule has 0 aliphatic carbocycles. The Kier molecular flexibility index (Phi) is 3.99. The summed E-state index contributed by atoms with van der Waals surface area (Å²) in [5.74, 6) is 0. The van der Waals surface area contributed by atoms with Crippen LogP contribution in [0, 0.1) is 0 Å². The SMILES string of the molecule is OC(CNC1CCN2CCCC2C1)c1ccsc1. The normalized spacial score (nSPS) is 30.3. The zero-order valence-corrected chi connectivity index (χ0v) is 11.5. The van der Waals surface area contributed by atoms with Gasteiger partial charge in [0.15, 0.2) is 0 Å². The summed E-state index contributed by atoms with van der Waals surface area (Å²) in [6.45, 7) is 3.22. The van der Waals surface area contributed by atoms with E-state index in [1.54, 1.807) is 11.3 Å². The second-order valence-corrected chi connectivity index (χ2v) is 6.31. The Morgan fingerprint density at radius 1 is 1.44 bits per heavy atom. The molecule has 2 aliphatic heterocycles. The van der Waals surface area contributed by atoms with E-state index in [2.05, 4.69) is 10.2 Å². The lowest BCUT2D eigenvalue weighted by Gasteiger charge is -2.35. The Labute approximate surface area is 113 Å². The molecule has 1 aromatic heterocycles. The van der Waals surface area contributed by atoms with Crippen molar-refractivity contribution in [3.05, 3.63) is 22.4 Å². The number of nitrogens with one attached hydrogen (secondary N) is 1. The van der Waals surface area contributed by atoms with Gasteiger partial charge >= 0.3 is 0 Å². The summed E-state index contributed by atoms with van der Waals surface area (Å²) < 4.78 is 0. The number of hydrogen-bond acceptors (Lipinski definition) is 4. The fourth-order valence-electron chi connectivity index (χ4n) is 3.27. The van der Waals surface area contributed by atoms with Gasteiger partial charge in [-0.05, 0) is 61.2 Å². The molecule has 0 radical (unpaired) electrons. The van der Waals surface area contributed by atoms with Crippen molar-refractivity contribution in [1.82, 2.24) is 10.2 Å². The van der Waals surface area contributed by atoms with Crippen molar-refractivity contribution in [3.63, 3.8) is 0 Å². The Hall–Kier alpha value is -0.420. The van der Waals surface area contributed by atoms with E-state index >= 15 is 0 Å². The Bertz CT molecular complexity index is 368. The van der Waals surface area contributed by atoms with Crippen LogP contribution in [0.15, 0.2) is 16.8 Å². The minimum absolute atomic E-state index is 0.349. The molecule has 2 N–H and O–H groups in total. The van der Waals surface area contributed by atoms with Gasteiger partial charge in [0.25, 0.3) is 0 Å². The van der Waals surface area contributed by atoms with Gasteiger partial charge in [-0.1, -0.05) is 0 Å². The first-order valence-electron chi connectivity index (χ1n) is 7.00. The maximum atomic E-state index is 10.1. The van der Waals surface area contributed by atoms with Crippen LogP contribution in [0.1, 0.15) is 37.4 Å². The highest BCUT2D eigenvalue weighted by Gasteiger charge is 2.31. The van der Waals surface area contributed by atoms with E-state index in [0.717, 1.165) is 11.6 Å². The summed E-state index contributed by atoms with van der Waals surface area (Å²) >= 11 is 1.65. The molecule has 3 rings (SSSR count). The molecular weight excluding hydrogens is 244 g/mol. The monoisotopic (exact) mass is 266 g/mol. The third-order valence-corrected chi connectivity index (χ3v) is 5.05. The predicted molar refractivity (Wildman–Crippen MR) is 74.9 cm³/mol. The lowest BCUT2D eigenvalue weighted by atomic mass is 9.97. The molecule has 4 heteroatoms. The molecule has 0 saturated carbocycles. The molecule has 0 amide bonds. The van der Waals surface area contributed by atoms with E-state index in [-0.39, 0.29) is 6.10 Å². The molecule has 3 unspecified atom stereocenters. The Morgan fingerprint density at radius 3 is 3.22 bits per heavy atom. The van der Waals surface area contributed by atoms with Crippen LogP contribution < -0.4 is 5.32 Å². The van der Waals surface area contributed by atoms with E-state index < -0.39 is 0 Å². The molecule has 2 fully saturated rings. The molecule has 18 heavy (non-hydrogen) atoms. The third-order valence-electron chi connectivity index (χ3n) is 4.35. The molecule has 3 nitrogen and oxygen atoms in total. The van der Waals surface area contributed by atoms with Crippen molar-refractivity contribution in [1.29, 1.82) is 0 Å². The van der Waals surface area contributed by atoms with Crippen LogP contribution in [0.5, 0.6) is 0 Å². The van der Waals surface area contributed by atoms with Crippen LogP contribution in [0.2, 0.25) is 0 Å². The molecule has 3 heterocycles. The van der Waals surface area contributed by atoms with Crippen LogP contribution in [-0.2, 0) is 0 Å². The van der Waals surface area contributed by atoms with Gasteiger partial charge in [-0.15, -0.1) is 0 Å². The number of nitrogens with zero attached hydrogens (tertiary/aromatic N) is 1. The molecule has 2 aliphatic rings. The second-order valence-electron chi connectivity index (χ2n) is 5.53. The van der Waals surface area contributed by atoms with Crippen molar-refractivity contribution < 1.29 is 5.11 Å². The van der Waals surface area contributed by atoms with E-state index in [1.165, 1.54) is 38.8 Å². The first kappa shape index (κ1) is 12.6. The average molecular weight is 266 g/mol. The quantitative estimate of drug-likeness (QED) is 0.875. The maximum absolute atomic E-state index is 10.1. The topological polar surface area (TPSA) is 35.5 Å². The van der Waals surface area contributed by atoms with Gasteiger partial charge in [0.05, 0.1) is 6.10 Å². The van der Waals surface area contributed by atoms with Crippen LogP contribution in [0.25, 0.3) is 0 Å². The highest BCUT2D eigenvalue weighted by atomic mass is 32.1. The molecule has 3 atom stereocenters. The van der Waals surface area contributed by atoms with E-state index in [9.17, 15) is 5.11 Å². The first-order chi connectivity index (χ1) is 8.83. The molecule has 0 aromatic carbocycles.